The van der Waals surface area contributed by atoms with Crippen LogP contribution >= 0.6 is 11.3 Å². The summed E-state index contributed by atoms with van der Waals surface area (Å²) in [6.07, 6.45) is 1.96. The molecule has 0 aromatic carbocycles. The van der Waals surface area contributed by atoms with Crippen molar-refractivity contribution in [1.29, 1.82) is 0 Å². The van der Waals surface area contributed by atoms with Crippen LogP contribution in [0, 0.1) is 0 Å². The van der Waals surface area contributed by atoms with Crippen molar-refractivity contribution in [2.24, 2.45) is 0 Å². The summed E-state index contributed by atoms with van der Waals surface area (Å²) in [7, 11) is 3.26. The Morgan fingerprint density at radius 3 is 2.60 bits per heavy atom. The zero-order valence-electron chi connectivity index (χ0n) is 9.49. The highest BCUT2D eigenvalue weighted by Gasteiger charge is 2.12. The van der Waals surface area contributed by atoms with Crippen LogP contribution in [0.2, 0.25) is 0 Å². The molecule has 1 aromatic heterocycles. The number of ether oxygens (including phenoxy) is 3. The third kappa shape index (κ3) is 3.81. The van der Waals surface area contributed by atoms with E-state index in [0.29, 0.717) is 0 Å². The smallest absolute Gasteiger partial charge is 0.192 e. The van der Waals surface area contributed by atoms with Gasteiger partial charge < -0.3 is 14.2 Å². The van der Waals surface area contributed by atoms with E-state index >= 15 is 0 Å². The van der Waals surface area contributed by atoms with Gasteiger partial charge in [-0.05, 0) is 18.6 Å². The van der Waals surface area contributed by atoms with Crippen LogP contribution in [-0.4, -0.2) is 20.8 Å². The predicted molar refractivity (Wildman–Crippen MR) is 61.5 cm³/mol. The molecule has 1 heterocycles. The van der Waals surface area contributed by atoms with Gasteiger partial charge in [-0.25, -0.2) is 0 Å². The number of hydrogen-bond acceptors (Lipinski definition) is 4. The summed E-state index contributed by atoms with van der Waals surface area (Å²) in [6.45, 7) is 2.93. The monoisotopic (exact) mass is 230 g/mol. The fourth-order valence-electron chi connectivity index (χ4n) is 1.18. The lowest BCUT2D eigenvalue weighted by atomic mass is 10.4. The standard InChI is InChI=1S/C11H18O3S/c1-4-5-8-14-10-7-6-9(15-10)11(12-2)13-3/h6-7,11H,4-5,8H2,1-3H3. The van der Waals surface area contributed by atoms with Gasteiger partial charge in [0.05, 0.1) is 11.5 Å². The Bertz CT molecular complexity index is 269. The largest absolute Gasteiger partial charge is 0.484 e. The molecular weight excluding hydrogens is 212 g/mol. The Morgan fingerprint density at radius 1 is 1.27 bits per heavy atom. The van der Waals surface area contributed by atoms with Crippen LogP contribution in [0.3, 0.4) is 0 Å². The molecule has 1 aromatic rings. The molecule has 0 atom stereocenters. The van der Waals surface area contributed by atoms with E-state index in [1.807, 2.05) is 12.1 Å². The average molecular weight is 230 g/mol. The lowest BCUT2D eigenvalue weighted by Gasteiger charge is -2.10. The van der Waals surface area contributed by atoms with Crippen LogP contribution in [0.4, 0.5) is 0 Å². The Labute approximate surface area is 95.0 Å². The summed E-state index contributed by atoms with van der Waals surface area (Å²) < 4.78 is 15.9. The first-order chi connectivity index (χ1) is 7.31. The van der Waals surface area contributed by atoms with Crippen molar-refractivity contribution in [3.05, 3.63) is 17.0 Å². The quantitative estimate of drug-likeness (QED) is 0.531. The number of thiophene rings is 1. The fourth-order valence-corrected chi connectivity index (χ4v) is 2.12. The highest BCUT2D eigenvalue weighted by Crippen LogP contribution is 2.31. The maximum Gasteiger partial charge on any atom is 0.192 e. The van der Waals surface area contributed by atoms with E-state index in [9.17, 15) is 0 Å². The van der Waals surface area contributed by atoms with Gasteiger partial charge in [0, 0.05) is 14.2 Å². The summed E-state index contributed by atoms with van der Waals surface area (Å²) in [6, 6.07) is 3.93. The van der Waals surface area contributed by atoms with Crippen molar-refractivity contribution >= 4 is 11.3 Å². The Hall–Kier alpha value is -0.580. The maximum absolute atomic E-state index is 5.57. The number of hydrogen-bond donors (Lipinski definition) is 0. The van der Waals surface area contributed by atoms with Gasteiger partial charge >= 0.3 is 0 Å². The zero-order valence-corrected chi connectivity index (χ0v) is 10.3. The summed E-state index contributed by atoms with van der Waals surface area (Å²) >= 11 is 1.57. The van der Waals surface area contributed by atoms with E-state index in [-0.39, 0.29) is 6.29 Å². The molecular formula is C11H18O3S. The fraction of sp³-hybridized carbons (Fsp3) is 0.636. The second-order valence-corrected chi connectivity index (χ2v) is 4.24. The third-order valence-corrected chi connectivity index (χ3v) is 3.02. The highest BCUT2D eigenvalue weighted by molar-refractivity contribution is 7.13. The number of methoxy groups -OCH3 is 2. The molecule has 0 radical (unpaired) electrons. The van der Waals surface area contributed by atoms with Crippen molar-refractivity contribution in [1.82, 2.24) is 0 Å². The van der Waals surface area contributed by atoms with Gasteiger partial charge in [-0.2, -0.15) is 0 Å². The van der Waals surface area contributed by atoms with Crippen molar-refractivity contribution in [2.45, 2.75) is 26.1 Å². The van der Waals surface area contributed by atoms with Gasteiger partial charge in [0.15, 0.2) is 11.4 Å². The Morgan fingerprint density at radius 2 is 2.00 bits per heavy atom. The van der Waals surface area contributed by atoms with Crippen LogP contribution in [0.5, 0.6) is 5.06 Å². The molecule has 0 aliphatic rings. The van der Waals surface area contributed by atoms with E-state index in [1.165, 1.54) is 0 Å². The van der Waals surface area contributed by atoms with Gasteiger partial charge in [0.1, 0.15) is 0 Å². The first-order valence-electron chi connectivity index (χ1n) is 5.10. The summed E-state index contributed by atoms with van der Waals surface area (Å²) in [5.41, 5.74) is 0. The molecule has 86 valence electrons. The minimum Gasteiger partial charge on any atom is -0.484 e. The third-order valence-electron chi connectivity index (χ3n) is 2.00. The van der Waals surface area contributed by atoms with E-state index in [1.54, 1.807) is 25.6 Å². The molecule has 0 aliphatic heterocycles. The molecule has 0 saturated carbocycles. The normalized spacial score (nSPS) is 10.9. The first-order valence-corrected chi connectivity index (χ1v) is 5.91. The lowest BCUT2D eigenvalue weighted by Crippen LogP contribution is -2.00. The van der Waals surface area contributed by atoms with Gasteiger partial charge in [-0.3, -0.25) is 0 Å². The molecule has 0 amide bonds. The van der Waals surface area contributed by atoms with Crippen LogP contribution in [0.25, 0.3) is 0 Å². The number of rotatable bonds is 7. The van der Waals surface area contributed by atoms with Gasteiger partial charge in [-0.1, -0.05) is 24.7 Å². The summed E-state index contributed by atoms with van der Waals surface area (Å²) in [5, 5.41) is 0.928. The molecule has 1 rings (SSSR count). The minimum atomic E-state index is -0.279. The molecule has 3 nitrogen and oxygen atoms in total. The van der Waals surface area contributed by atoms with Gasteiger partial charge in [0.25, 0.3) is 0 Å². The molecule has 0 bridgehead atoms. The average Bonchev–Trinajstić information content (AvgIpc) is 2.69. The van der Waals surface area contributed by atoms with Crippen molar-refractivity contribution in [3.63, 3.8) is 0 Å². The van der Waals surface area contributed by atoms with Crippen molar-refractivity contribution in [3.8, 4) is 5.06 Å². The van der Waals surface area contributed by atoms with E-state index < -0.39 is 0 Å². The molecule has 0 saturated heterocycles. The number of unbranched alkanes of at least 4 members (excludes halogenated alkanes) is 1. The predicted octanol–water partition coefficient (Wildman–Crippen LogP) is 3.22. The van der Waals surface area contributed by atoms with Crippen LogP contribution in [0.15, 0.2) is 12.1 Å². The van der Waals surface area contributed by atoms with Crippen molar-refractivity contribution in [2.75, 3.05) is 20.8 Å². The van der Waals surface area contributed by atoms with E-state index in [0.717, 1.165) is 29.4 Å². The second-order valence-electron chi connectivity index (χ2n) is 3.16. The van der Waals surface area contributed by atoms with Crippen molar-refractivity contribution < 1.29 is 14.2 Å². The summed E-state index contributed by atoms with van der Waals surface area (Å²) in [4.78, 5) is 1.03. The zero-order chi connectivity index (χ0) is 11.1. The molecule has 0 N–H and O–H groups in total. The minimum absolute atomic E-state index is 0.279. The van der Waals surface area contributed by atoms with E-state index in [2.05, 4.69) is 6.92 Å². The molecule has 4 heteroatoms. The molecule has 0 fully saturated rings. The van der Waals surface area contributed by atoms with Gasteiger partial charge in [0.2, 0.25) is 0 Å². The molecule has 0 spiro atoms. The topological polar surface area (TPSA) is 27.7 Å². The maximum atomic E-state index is 5.57. The second kappa shape index (κ2) is 6.82. The van der Waals surface area contributed by atoms with Gasteiger partial charge in [-0.15, -0.1) is 0 Å². The molecule has 0 aliphatic carbocycles. The first kappa shape index (κ1) is 12.5. The molecule has 15 heavy (non-hydrogen) atoms. The van der Waals surface area contributed by atoms with Crippen LogP contribution in [-0.2, 0) is 9.47 Å². The summed E-state index contributed by atoms with van der Waals surface area (Å²) in [5.74, 6) is 0. The Balaban J connectivity index is 2.47. The van der Waals surface area contributed by atoms with Crippen LogP contribution in [0.1, 0.15) is 30.9 Å². The lowest BCUT2D eigenvalue weighted by molar-refractivity contribution is -0.103. The molecule has 0 unspecified atom stereocenters. The SMILES string of the molecule is CCCCOc1ccc(C(OC)OC)s1. The Kier molecular flexibility index (Phi) is 5.68. The van der Waals surface area contributed by atoms with Crippen LogP contribution < -0.4 is 4.74 Å². The van der Waals surface area contributed by atoms with E-state index in [4.69, 9.17) is 14.2 Å². The highest BCUT2D eigenvalue weighted by atomic mass is 32.1.